The Morgan fingerprint density at radius 1 is 1.17 bits per heavy atom. The Kier molecular flexibility index (Phi) is 5.66. The standard InChI is InChI=1S/C29H40N2O4/c1-28-11-9-18(25-16-30-13-14-31(25)27(33)34)15-20(28)4-5-21-23-7-6-22(19-3-8-26(32)35-17-19)29(23,2)12-10-24(21)28/h3,7-8,17-18,20-22,24-25,30H,4-6,9-16H2,1-2H3,(H,33,34)/t18?,20?,21-,22+,24-,25?,28-,29+/m0/s1. The summed E-state index contributed by atoms with van der Waals surface area (Å²) in [5.41, 5.74) is 3.10. The average molecular weight is 481 g/mol. The molecule has 5 aliphatic rings. The van der Waals surface area contributed by atoms with Gasteiger partial charge in [0, 0.05) is 25.7 Å². The Morgan fingerprint density at radius 3 is 2.80 bits per heavy atom. The average Bonchev–Trinajstić information content (AvgIpc) is 3.21. The Hall–Kier alpha value is -2.08. The van der Waals surface area contributed by atoms with E-state index >= 15 is 0 Å². The van der Waals surface area contributed by atoms with E-state index in [1.165, 1.54) is 44.1 Å². The highest BCUT2D eigenvalue weighted by atomic mass is 16.4. The van der Waals surface area contributed by atoms with Crippen LogP contribution in [-0.4, -0.2) is 41.8 Å². The van der Waals surface area contributed by atoms with Gasteiger partial charge in [0.05, 0.1) is 12.3 Å². The molecule has 0 aromatic carbocycles. The highest BCUT2D eigenvalue weighted by Crippen LogP contribution is 2.67. The topological polar surface area (TPSA) is 82.8 Å². The summed E-state index contributed by atoms with van der Waals surface area (Å²) in [7, 11) is 0. The first-order chi connectivity index (χ1) is 16.8. The minimum atomic E-state index is -0.750. The number of amides is 1. The van der Waals surface area contributed by atoms with Gasteiger partial charge >= 0.3 is 11.7 Å². The van der Waals surface area contributed by atoms with E-state index in [1.54, 1.807) is 22.8 Å². The number of carboxylic acid groups (broad SMARTS) is 1. The van der Waals surface area contributed by atoms with Crippen LogP contribution in [0.3, 0.4) is 0 Å². The van der Waals surface area contributed by atoms with Gasteiger partial charge in [-0.1, -0.05) is 25.5 Å². The summed E-state index contributed by atoms with van der Waals surface area (Å²) in [5, 5.41) is 13.2. The van der Waals surface area contributed by atoms with Gasteiger partial charge < -0.3 is 19.7 Å². The van der Waals surface area contributed by atoms with Crippen molar-refractivity contribution in [1.82, 2.24) is 10.2 Å². The van der Waals surface area contributed by atoms with Gasteiger partial charge in [0.2, 0.25) is 0 Å². The summed E-state index contributed by atoms with van der Waals surface area (Å²) >= 11 is 0. The Balaban J connectivity index is 1.20. The molecule has 1 aromatic heterocycles. The zero-order valence-corrected chi connectivity index (χ0v) is 21.2. The van der Waals surface area contributed by atoms with Crippen LogP contribution >= 0.6 is 0 Å². The van der Waals surface area contributed by atoms with Gasteiger partial charge in [-0.05, 0) is 103 Å². The van der Waals surface area contributed by atoms with Crippen LogP contribution in [0, 0.1) is 34.5 Å². The van der Waals surface area contributed by atoms with Crippen molar-refractivity contribution in [3.05, 3.63) is 46.0 Å². The van der Waals surface area contributed by atoms with Crippen molar-refractivity contribution < 1.29 is 14.3 Å². The summed E-state index contributed by atoms with van der Waals surface area (Å²) in [6, 6.07) is 3.67. The molecule has 1 amide bonds. The van der Waals surface area contributed by atoms with Crippen LogP contribution in [0.15, 0.2) is 39.3 Å². The van der Waals surface area contributed by atoms with Gasteiger partial charge in [0.1, 0.15) is 0 Å². The van der Waals surface area contributed by atoms with Crippen molar-refractivity contribution in [3.8, 4) is 0 Å². The van der Waals surface area contributed by atoms with Gasteiger partial charge in [-0.2, -0.15) is 0 Å². The summed E-state index contributed by atoms with van der Waals surface area (Å²) in [6.45, 7) is 7.21. The van der Waals surface area contributed by atoms with Gasteiger partial charge in [0.25, 0.3) is 0 Å². The van der Waals surface area contributed by atoms with Crippen molar-refractivity contribution in [2.45, 2.75) is 77.2 Å². The van der Waals surface area contributed by atoms with Crippen LogP contribution < -0.4 is 10.9 Å². The van der Waals surface area contributed by atoms with E-state index in [0.29, 0.717) is 35.6 Å². The zero-order chi connectivity index (χ0) is 24.4. The normalized spacial score (nSPS) is 43.0. The molecule has 6 heteroatoms. The molecular formula is C29H40N2O4. The Morgan fingerprint density at radius 2 is 2.03 bits per heavy atom. The van der Waals surface area contributed by atoms with Crippen LogP contribution in [-0.2, 0) is 0 Å². The van der Waals surface area contributed by atoms with Crippen molar-refractivity contribution in [3.63, 3.8) is 0 Å². The predicted octanol–water partition coefficient (Wildman–Crippen LogP) is 5.25. The van der Waals surface area contributed by atoms with Gasteiger partial charge in [-0.25, -0.2) is 9.59 Å². The second-order valence-corrected chi connectivity index (χ2v) is 12.6. The number of hydrogen-bond acceptors (Lipinski definition) is 4. The predicted molar refractivity (Wildman–Crippen MR) is 134 cm³/mol. The molecule has 2 N–H and O–H groups in total. The maximum absolute atomic E-state index is 11.9. The summed E-state index contributed by atoms with van der Waals surface area (Å²) < 4.78 is 5.25. The van der Waals surface area contributed by atoms with Crippen molar-refractivity contribution >= 4 is 6.09 Å². The molecule has 3 saturated carbocycles. The SMILES string of the molecule is C[C@]12CC[C@H]3[C@@H](CCC4CC(C5CNCCN5C(=O)O)CC[C@@]43C)C1=CC[C@@H]2c1ccc(=O)oc1. The maximum atomic E-state index is 11.9. The third kappa shape index (κ3) is 3.61. The number of carbonyl (C=O) groups is 1. The van der Waals surface area contributed by atoms with Crippen LogP contribution in [0.2, 0.25) is 0 Å². The molecule has 1 saturated heterocycles. The van der Waals surface area contributed by atoms with E-state index in [1.807, 2.05) is 6.07 Å². The van der Waals surface area contributed by atoms with Gasteiger partial charge in [-0.3, -0.25) is 0 Å². The number of rotatable bonds is 2. The molecule has 8 atom stereocenters. The number of allylic oxidation sites excluding steroid dienone is 2. The van der Waals surface area contributed by atoms with Gasteiger partial charge in [0.15, 0.2) is 0 Å². The molecule has 3 unspecified atom stereocenters. The summed E-state index contributed by atoms with van der Waals surface area (Å²) in [4.78, 5) is 25.1. The lowest BCUT2D eigenvalue weighted by molar-refractivity contribution is -0.0756. The van der Waals surface area contributed by atoms with Crippen molar-refractivity contribution in [1.29, 1.82) is 0 Å². The molecule has 6 nitrogen and oxygen atoms in total. The fourth-order valence-corrected chi connectivity index (χ4v) is 9.43. The Labute approximate surface area is 208 Å². The van der Waals surface area contributed by atoms with Crippen molar-refractivity contribution in [2.24, 2.45) is 34.5 Å². The summed E-state index contributed by atoms with van der Waals surface area (Å²) in [6.07, 6.45) is 13.1. The van der Waals surface area contributed by atoms with E-state index in [9.17, 15) is 14.7 Å². The first-order valence-electron chi connectivity index (χ1n) is 13.8. The quantitative estimate of drug-likeness (QED) is 0.565. The lowest BCUT2D eigenvalue weighted by Gasteiger charge is -2.60. The van der Waals surface area contributed by atoms with E-state index in [0.717, 1.165) is 31.8 Å². The number of fused-ring (bicyclic) bond motifs is 5. The van der Waals surface area contributed by atoms with E-state index in [2.05, 4.69) is 25.2 Å². The largest absolute Gasteiger partial charge is 0.465 e. The number of nitrogens with one attached hydrogen (secondary N) is 1. The monoisotopic (exact) mass is 480 g/mol. The smallest absolute Gasteiger partial charge is 0.407 e. The van der Waals surface area contributed by atoms with E-state index in [-0.39, 0.29) is 17.1 Å². The third-order valence-electron chi connectivity index (χ3n) is 11.3. The van der Waals surface area contributed by atoms with Crippen LogP contribution in [0.25, 0.3) is 0 Å². The van der Waals surface area contributed by atoms with E-state index < -0.39 is 6.09 Å². The third-order valence-corrected chi connectivity index (χ3v) is 11.3. The van der Waals surface area contributed by atoms with Gasteiger partial charge in [-0.15, -0.1) is 0 Å². The lowest BCUT2D eigenvalue weighted by Crippen LogP contribution is -2.58. The van der Waals surface area contributed by atoms with Crippen LogP contribution in [0.5, 0.6) is 0 Å². The molecule has 190 valence electrons. The molecular weight excluding hydrogens is 440 g/mol. The minimum Gasteiger partial charge on any atom is -0.465 e. The minimum absolute atomic E-state index is 0.127. The molecule has 1 aromatic rings. The fraction of sp³-hybridized carbons (Fsp3) is 0.724. The maximum Gasteiger partial charge on any atom is 0.407 e. The summed E-state index contributed by atoms with van der Waals surface area (Å²) in [5.74, 6) is 2.98. The fourth-order valence-electron chi connectivity index (χ4n) is 9.43. The molecule has 0 bridgehead atoms. The first kappa shape index (κ1) is 23.3. The second-order valence-electron chi connectivity index (χ2n) is 12.6. The second kappa shape index (κ2) is 8.50. The van der Waals surface area contributed by atoms with Crippen molar-refractivity contribution in [2.75, 3.05) is 19.6 Å². The molecule has 35 heavy (non-hydrogen) atoms. The highest BCUT2D eigenvalue weighted by molar-refractivity contribution is 5.65. The number of piperazine rings is 1. The van der Waals surface area contributed by atoms with Crippen LogP contribution in [0.1, 0.15) is 76.7 Å². The first-order valence-corrected chi connectivity index (χ1v) is 13.8. The van der Waals surface area contributed by atoms with Crippen LogP contribution in [0.4, 0.5) is 4.79 Å². The highest BCUT2D eigenvalue weighted by Gasteiger charge is 2.58. The molecule has 4 aliphatic carbocycles. The molecule has 1 aliphatic heterocycles. The molecule has 0 radical (unpaired) electrons. The molecule has 2 heterocycles. The number of hydrogen-bond donors (Lipinski definition) is 2. The Bertz CT molecular complexity index is 1060. The zero-order valence-electron chi connectivity index (χ0n) is 21.2. The molecule has 6 rings (SSSR count). The number of nitrogens with zero attached hydrogens (tertiary/aromatic N) is 1. The van der Waals surface area contributed by atoms with E-state index in [4.69, 9.17) is 4.42 Å². The lowest BCUT2D eigenvalue weighted by atomic mass is 9.45. The molecule has 4 fully saturated rings. The molecule has 0 spiro atoms.